The highest BCUT2D eigenvalue weighted by molar-refractivity contribution is 7.80. The van der Waals surface area contributed by atoms with Gasteiger partial charge in [-0.3, -0.25) is 24.5 Å². The van der Waals surface area contributed by atoms with E-state index in [2.05, 4.69) is 15.3 Å². The number of pyridine rings is 1. The molecule has 0 radical (unpaired) electrons. The monoisotopic (exact) mass is 408 g/mol. The Bertz CT molecular complexity index is 1130. The number of halogens is 1. The largest absolute Gasteiger partial charge is 0.301 e. The molecular formula is C20H13ClN4O2S. The summed E-state index contributed by atoms with van der Waals surface area (Å²) in [6.45, 7) is 0. The lowest BCUT2D eigenvalue weighted by molar-refractivity contribution is -0.130. The molecule has 1 aromatic heterocycles. The Morgan fingerprint density at radius 2 is 1.86 bits per heavy atom. The van der Waals surface area contributed by atoms with Gasteiger partial charge in [-0.05, 0) is 48.6 Å². The van der Waals surface area contributed by atoms with Crippen LogP contribution in [0.1, 0.15) is 0 Å². The quantitative estimate of drug-likeness (QED) is 0.408. The first-order chi connectivity index (χ1) is 13.5. The van der Waals surface area contributed by atoms with E-state index < -0.39 is 17.7 Å². The van der Waals surface area contributed by atoms with Gasteiger partial charge in [-0.1, -0.05) is 29.8 Å². The summed E-state index contributed by atoms with van der Waals surface area (Å²) in [7, 11) is 0. The summed E-state index contributed by atoms with van der Waals surface area (Å²) < 4.78 is 0. The second-order valence-electron chi connectivity index (χ2n) is 6.05. The molecule has 0 bridgehead atoms. The Labute approximate surface area is 170 Å². The van der Waals surface area contributed by atoms with Crippen molar-refractivity contribution in [2.24, 2.45) is 10.9 Å². The minimum Gasteiger partial charge on any atom is -0.301 e. The Morgan fingerprint density at radius 1 is 1.11 bits per heavy atom. The van der Waals surface area contributed by atoms with Gasteiger partial charge in [-0.25, -0.2) is 0 Å². The van der Waals surface area contributed by atoms with Gasteiger partial charge in [-0.2, -0.15) is 0 Å². The summed E-state index contributed by atoms with van der Waals surface area (Å²) in [5, 5.41) is 4.03. The van der Waals surface area contributed by atoms with Gasteiger partial charge in [0.15, 0.2) is 11.0 Å². The van der Waals surface area contributed by atoms with Crippen molar-refractivity contribution in [2.75, 3.05) is 4.90 Å². The number of carbonyl (C=O) groups excluding carboxylic acids is 2. The third-order valence-corrected chi connectivity index (χ3v) is 4.80. The molecule has 1 aliphatic heterocycles. The van der Waals surface area contributed by atoms with E-state index in [9.17, 15) is 9.59 Å². The number of fused-ring (bicyclic) bond motifs is 1. The number of para-hydroxylation sites is 1. The number of rotatable bonds is 3. The van der Waals surface area contributed by atoms with Gasteiger partial charge in [0, 0.05) is 22.8 Å². The number of aliphatic imine (C=N–C) groups is 1. The Hall–Kier alpha value is -3.16. The zero-order valence-corrected chi connectivity index (χ0v) is 15.9. The summed E-state index contributed by atoms with van der Waals surface area (Å²) in [6, 6.07) is 15.9. The number of carbonyl (C=O) groups is 2. The summed E-state index contributed by atoms with van der Waals surface area (Å²) in [5.74, 6) is -2.11. The van der Waals surface area contributed by atoms with Crippen molar-refractivity contribution < 1.29 is 9.59 Å². The molecule has 2 amide bonds. The van der Waals surface area contributed by atoms with Gasteiger partial charge < -0.3 is 5.32 Å². The van der Waals surface area contributed by atoms with Crippen LogP contribution >= 0.6 is 23.8 Å². The molecule has 1 aliphatic rings. The third kappa shape index (κ3) is 3.37. The van der Waals surface area contributed by atoms with Crippen LogP contribution in [0, 0.1) is 5.92 Å². The minimum absolute atomic E-state index is 0.0220. The highest BCUT2D eigenvalue weighted by Gasteiger charge is 2.38. The average Bonchev–Trinajstić information content (AvgIpc) is 2.69. The van der Waals surface area contributed by atoms with Gasteiger partial charge in [0.05, 0.1) is 16.9 Å². The standard InChI is InChI=1S/C20H13ClN4O2S/c21-13-6-8-14(9-7-13)25-19(27)15(18(26)24-20(25)28)11-23-16-5-1-3-12-4-2-10-22-17(12)16/h1-11,15H,(H,24,26,28)/t15-/m0/s1. The molecule has 2 heterocycles. The van der Waals surface area contributed by atoms with Gasteiger partial charge in [0.1, 0.15) is 0 Å². The van der Waals surface area contributed by atoms with Crippen molar-refractivity contribution in [3.63, 3.8) is 0 Å². The molecule has 138 valence electrons. The van der Waals surface area contributed by atoms with Gasteiger partial charge in [0.2, 0.25) is 5.91 Å². The molecule has 3 aromatic rings. The van der Waals surface area contributed by atoms with Crippen LogP contribution in [0.4, 0.5) is 11.4 Å². The molecule has 0 unspecified atom stereocenters. The van der Waals surface area contributed by atoms with Crippen molar-refractivity contribution in [3.05, 3.63) is 65.8 Å². The predicted molar refractivity (Wildman–Crippen MR) is 113 cm³/mol. The zero-order chi connectivity index (χ0) is 19.7. The third-order valence-electron chi connectivity index (χ3n) is 4.26. The molecular weight excluding hydrogens is 396 g/mol. The second-order valence-corrected chi connectivity index (χ2v) is 6.88. The first kappa shape index (κ1) is 18.2. The first-order valence-corrected chi connectivity index (χ1v) is 9.15. The van der Waals surface area contributed by atoms with Crippen LogP contribution in [0.15, 0.2) is 65.8 Å². The summed E-state index contributed by atoms with van der Waals surface area (Å²) in [6.07, 6.45) is 2.99. The van der Waals surface area contributed by atoms with Gasteiger partial charge in [0.25, 0.3) is 5.91 Å². The molecule has 1 fully saturated rings. The van der Waals surface area contributed by atoms with Crippen molar-refractivity contribution >= 4 is 69.2 Å². The number of hydrogen-bond acceptors (Lipinski definition) is 5. The molecule has 0 saturated carbocycles. The number of nitrogens with zero attached hydrogens (tertiary/aromatic N) is 3. The Morgan fingerprint density at radius 3 is 2.64 bits per heavy atom. The molecule has 0 aliphatic carbocycles. The maximum Gasteiger partial charge on any atom is 0.251 e. The Kier molecular flexibility index (Phi) is 4.85. The number of hydrogen-bond donors (Lipinski definition) is 1. The maximum absolute atomic E-state index is 13.0. The smallest absolute Gasteiger partial charge is 0.251 e. The molecule has 4 rings (SSSR count). The molecule has 2 aromatic carbocycles. The van der Waals surface area contributed by atoms with Crippen molar-refractivity contribution in [3.8, 4) is 0 Å². The number of benzene rings is 2. The summed E-state index contributed by atoms with van der Waals surface area (Å²) in [4.78, 5) is 35.3. The van der Waals surface area contributed by atoms with E-state index in [1.165, 1.54) is 11.1 Å². The van der Waals surface area contributed by atoms with E-state index in [0.717, 1.165) is 5.39 Å². The number of nitrogens with one attached hydrogen (secondary N) is 1. The zero-order valence-electron chi connectivity index (χ0n) is 14.4. The van der Waals surface area contributed by atoms with E-state index in [1.54, 1.807) is 36.5 Å². The molecule has 1 N–H and O–H groups in total. The molecule has 1 saturated heterocycles. The van der Waals surface area contributed by atoms with Crippen LogP contribution in [0.25, 0.3) is 10.9 Å². The van der Waals surface area contributed by atoms with Crippen LogP contribution < -0.4 is 10.2 Å². The topological polar surface area (TPSA) is 74.7 Å². The Balaban J connectivity index is 1.67. The minimum atomic E-state index is -1.11. The van der Waals surface area contributed by atoms with Crippen LogP contribution in [0.5, 0.6) is 0 Å². The lowest BCUT2D eigenvalue weighted by Crippen LogP contribution is -2.58. The number of thiocarbonyl (C=S) groups is 1. The SMILES string of the molecule is O=C1NC(=S)N(c2ccc(Cl)cc2)C(=O)[C@H]1C=Nc1cccc2cccnc12. The second kappa shape index (κ2) is 7.46. The normalized spacial score (nSPS) is 17.4. The number of anilines is 1. The fourth-order valence-electron chi connectivity index (χ4n) is 2.90. The van der Waals surface area contributed by atoms with Crippen LogP contribution in [0.3, 0.4) is 0 Å². The van der Waals surface area contributed by atoms with Gasteiger partial charge in [-0.15, -0.1) is 0 Å². The van der Waals surface area contributed by atoms with Crippen LogP contribution in [-0.4, -0.2) is 28.1 Å². The average molecular weight is 409 g/mol. The highest BCUT2D eigenvalue weighted by atomic mass is 35.5. The van der Waals surface area contributed by atoms with E-state index in [-0.39, 0.29) is 5.11 Å². The van der Waals surface area contributed by atoms with Crippen molar-refractivity contribution in [1.82, 2.24) is 10.3 Å². The van der Waals surface area contributed by atoms with Crippen molar-refractivity contribution in [2.45, 2.75) is 0 Å². The number of amides is 2. The van der Waals surface area contributed by atoms with Gasteiger partial charge >= 0.3 is 0 Å². The fourth-order valence-corrected chi connectivity index (χ4v) is 3.33. The predicted octanol–water partition coefficient (Wildman–Crippen LogP) is 3.65. The lowest BCUT2D eigenvalue weighted by atomic mass is 10.1. The highest BCUT2D eigenvalue weighted by Crippen LogP contribution is 2.25. The van der Waals surface area contributed by atoms with Crippen LogP contribution in [0.2, 0.25) is 5.02 Å². The maximum atomic E-state index is 13.0. The lowest BCUT2D eigenvalue weighted by Gasteiger charge is -2.30. The molecule has 6 nitrogen and oxygen atoms in total. The summed E-state index contributed by atoms with van der Waals surface area (Å²) >= 11 is 11.1. The first-order valence-electron chi connectivity index (χ1n) is 8.37. The molecule has 28 heavy (non-hydrogen) atoms. The molecule has 0 spiro atoms. The molecule has 8 heteroatoms. The fraction of sp³-hybridized carbons (Fsp3) is 0.0500. The van der Waals surface area contributed by atoms with E-state index in [4.69, 9.17) is 23.8 Å². The van der Waals surface area contributed by atoms with E-state index in [0.29, 0.717) is 21.9 Å². The molecule has 1 atom stereocenters. The van der Waals surface area contributed by atoms with E-state index in [1.807, 2.05) is 24.3 Å². The van der Waals surface area contributed by atoms with Crippen LogP contribution in [-0.2, 0) is 9.59 Å². The number of aromatic nitrogens is 1. The van der Waals surface area contributed by atoms with Crippen molar-refractivity contribution in [1.29, 1.82) is 0 Å². The van der Waals surface area contributed by atoms with E-state index >= 15 is 0 Å². The summed E-state index contributed by atoms with van der Waals surface area (Å²) in [5.41, 5.74) is 1.78.